The molecule has 4 aromatic rings. The van der Waals surface area contributed by atoms with Gasteiger partial charge in [-0.2, -0.15) is 0 Å². The normalized spacial score (nSPS) is 15.5. The highest BCUT2D eigenvalue weighted by Crippen LogP contribution is 2.26. The lowest BCUT2D eigenvalue weighted by molar-refractivity contribution is -0.657. The van der Waals surface area contributed by atoms with E-state index in [1.807, 2.05) is 23.2 Å². The molecule has 10 heteroatoms. The van der Waals surface area contributed by atoms with Gasteiger partial charge in [-0.3, -0.25) is 0 Å². The maximum Gasteiger partial charge on any atom is 0.421 e. The molecule has 0 unspecified atom stereocenters. The van der Waals surface area contributed by atoms with Gasteiger partial charge in [-0.15, -0.1) is 0 Å². The first-order valence-electron chi connectivity index (χ1n) is 16.3. The summed E-state index contributed by atoms with van der Waals surface area (Å²) in [5, 5.41) is 18.3. The molecule has 230 valence electrons. The van der Waals surface area contributed by atoms with Crippen molar-refractivity contribution in [3.05, 3.63) is 73.3 Å². The van der Waals surface area contributed by atoms with Crippen molar-refractivity contribution < 1.29 is 9.13 Å². The number of aryl methyl sites for hydroxylation is 4. The van der Waals surface area contributed by atoms with Crippen molar-refractivity contribution in [2.24, 2.45) is 34.6 Å². The van der Waals surface area contributed by atoms with Crippen LogP contribution >= 0.6 is 0 Å². The first-order valence-corrected chi connectivity index (χ1v) is 16.3. The van der Waals surface area contributed by atoms with E-state index in [0.717, 1.165) is 88.2 Å². The standard InChI is InChI=1S/C34H46N10/c1-39-25-27-43(33(39)37-35-29-11-15-31(16-12-29)41-19-7-8-20-41)23-5-3-4-6-24-44-28-26-40(2)34(44)38-36-30-13-17-32(18-14-30)42-21-9-10-22-42/h11-18,25-28H,3-10,19-24H2,1-2H3/q+2. The highest BCUT2D eigenvalue weighted by Gasteiger charge is 2.17. The van der Waals surface area contributed by atoms with Gasteiger partial charge >= 0.3 is 11.9 Å². The monoisotopic (exact) mass is 594 g/mol. The fraction of sp³-hybridized carbons (Fsp3) is 0.471. The number of imidazole rings is 2. The number of unbranched alkanes of at least 4 members (excludes halogenated alkanes) is 3. The van der Waals surface area contributed by atoms with Gasteiger partial charge in [0.2, 0.25) is 0 Å². The van der Waals surface area contributed by atoms with Gasteiger partial charge < -0.3 is 9.80 Å². The van der Waals surface area contributed by atoms with Crippen molar-refractivity contribution in [2.45, 2.75) is 64.5 Å². The van der Waals surface area contributed by atoms with E-state index in [4.69, 9.17) is 0 Å². The van der Waals surface area contributed by atoms with Crippen LogP contribution in [0.5, 0.6) is 0 Å². The average molecular weight is 595 g/mol. The Hall–Kier alpha value is -4.34. The molecule has 6 rings (SSSR count). The Morgan fingerprint density at radius 2 is 0.909 bits per heavy atom. The first kappa shape index (κ1) is 29.7. The fourth-order valence-electron chi connectivity index (χ4n) is 6.17. The Labute approximate surface area is 261 Å². The van der Waals surface area contributed by atoms with E-state index in [2.05, 4.69) is 113 Å². The summed E-state index contributed by atoms with van der Waals surface area (Å²) in [7, 11) is 4.05. The quantitative estimate of drug-likeness (QED) is 0.0931. The molecule has 0 amide bonds. The van der Waals surface area contributed by atoms with E-state index in [9.17, 15) is 0 Å². The molecule has 2 aromatic carbocycles. The second-order valence-corrected chi connectivity index (χ2v) is 12.0. The summed E-state index contributed by atoms with van der Waals surface area (Å²) in [5.41, 5.74) is 4.32. The third kappa shape index (κ3) is 7.41. The van der Waals surface area contributed by atoms with Gasteiger partial charge in [0.1, 0.15) is 11.4 Å². The zero-order valence-corrected chi connectivity index (χ0v) is 26.3. The smallest absolute Gasteiger partial charge is 0.372 e. The number of anilines is 2. The third-order valence-electron chi connectivity index (χ3n) is 8.78. The van der Waals surface area contributed by atoms with Gasteiger partial charge in [0.15, 0.2) is 0 Å². The highest BCUT2D eigenvalue weighted by atomic mass is 15.3. The van der Waals surface area contributed by atoms with Crippen LogP contribution in [0.25, 0.3) is 0 Å². The molecule has 10 nitrogen and oxygen atoms in total. The van der Waals surface area contributed by atoms with Crippen molar-refractivity contribution in [3.63, 3.8) is 0 Å². The Morgan fingerprint density at radius 1 is 0.523 bits per heavy atom. The highest BCUT2D eigenvalue weighted by molar-refractivity contribution is 5.54. The minimum atomic E-state index is 0.870. The molecule has 0 atom stereocenters. The number of hydrogen-bond donors (Lipinski definition) is 0. The predicted molar refractivity (Wildman–Crippen MR) is 174 cm³/mol. The van der Waals surface area contributed by atoms with E-state index in [-0.39, 0.29) is 0 Å². The van der Waals surface area contributed by atoms with E-state index in [0.29, 0.717) is 0 Å². The van der Waals surface area contributed by atoms with E-state index >= 15 is 0 Å². The lowest BCUT2D eigenvalue weighted by atomic mass is 10.2. The zero-order valence-electron chi connectivity index (χ0n) is 26.3. The largest absolute Gasteiger partial charge is 0.421 e. The maximum absolute atomic E-state index is 4.60. The van der Waals surface area contributed by atoms with Gasteiger partial charge in [0, 0.05) is 47.8 Å². The Bertz CT molecular complexity index is 1420. The molecule has 0 saturated carbocycles. The SMILES string of the molecule is C[n+]1ccn(CCCCCCn2cc[n+](C)c2N=Nc2ccc(N3CCCC3)cc2)c1N=Nc1ccc(N2CCCC2)cc1. The molecular formula is C34H46N10+2. The van der Waals surface area contributed by atoms with Crippen LogP contribution in [-0.2, 0) is 27.2 Å². The zero-order chi connectivity index (χ0) is 30.1. The van der Waals surface area contributed by atoms with Crippen LogP contribution in [0.3, 0.4) is 0 Å². The molecule has 2 fully saturated rings. The molecule has 0 radical (unpaired) electrons. The number of azo groups is 2. The minimum Gasteiger partial charge on any atom is -0.372 e. The van der Waals surface area contributed by atoms with Crippen molar-refractivity contribution in [1.82, 2.24) is 9.13 Å². The number of hydrogen-bond acceptors (Lipinski definition) is 6. The van der Waals surface area contributed by atoms with Crippen LogP contribution < -0.4 is 18.9 Å². The Morgan fingerprint density at radius 3 is 1.30 bits per heavy atom. The molecule has 2 aromatic heterocycles. The first-order chi connectivity index (χ1) is 21.6. The van der Waals surface area contributed by atoms with Crippen LogP contribution in [-0.4, -0.2) is 35.3 Å². The van der Waals surface area contributed by atoms with Crippen LogP contribution in [0, 0.1) is 0 Å². The van der Waals surface area contributed by atoms with Gasteiger partial charge in [0.25, 0.3) is 0 Å². The van der Waals surface area contributed by atoms with E-state index in [1.54, 1.807) is 0 Å². The molecule has 0 N–H and O–H groups in total. The molecular weight excluding hydrogens is 548 g/mol. The van der Waals surface area contributed by atoms with Crippen molar-refractivity contribution in [3.8, 4) is 0 Å². The summed E-state index contributed by atoms with van der Waals surface area (Å²) in [6, 6.07) is 16.9. The molecule has 0 bridgehead atoms. The Balaban J connectivity index is 0.951. The van der Waals surface area contributed by atoms with Crippen LogP contribution in [0.4, 0.5) is 34.6 Å². The van der Waals surface area contributed by atoms with E-state index < -0.39 is 0 Å². The van der Waals surface area contributed by atoms with Crippen molar-refractivity contribution in [1.29, 1.82) is 0 Å². The number of rotatable bonds is 13. The summed E-state index contributed by atoms with van der Waals surface area (Å²) < 4.78 is 8.46. The van der Waals surface area contributed by atoms with Crippen molar-refractivity contribution >= 4 is 34.6 Å². The minimum absolute atomic E-state index is 0.870. The summed E-state index contributed by atoms with van der Waals surface area (Å²) in [6.07, 6.45) is 17.9. The number of nitrogens with zero attached hydrogens (tertiary/aromatic N) is 10. The van der Waals surface area contributed by atoms with E-state index in [1.165, 1.54) is 37.1 Å². The summed E-state index contributed by atoms with van der Waals surface area (Å²) in [5.74, 6) is 1.74. The van der Waals surface area contributed by atoms with Gasteiger partial charge in [-0.05, 0) is 87.1 Å². The second kappa shape index (κ2) is 14.4. The molecule has 4 heterocycles. The van der Waals surface area contributed by atoms with Crippen molar-refractivity contribution in [2.75, 3.05) is 36.0 Å². The van der Waals surface area contributed by atoms with Crippen LogP contribution in [0.2, 0.25) is 0 Å². The summed E-state index contributed by atoms with van der Waals surface area (Å²) >= 11 is 0. The summed E-state index contributed by atoms with van der Waals surface area (Å²) in [4.78, 5) is 4.87. The molecule has 2 aliphatic rings. The van der Waals surface area contributed by atoms with Crippen LogP contribution in [0.15, 0.2) is 93.8 Å². The number of aromatic nitrogens is 4. The maximum atomic E-state index is 4.60. The molecule has 0 aliphatic carbocycles. The molecule has 44 heavy (non-hydrogen) atoms. The second-order valence-electron chi connectivity index (χ2n) is 12.0. The van der Waals surface area contributed by atoms with Gasteiger partial charge in [-0.1, -0.05) is 23.1 Å². The van der Waals surface area contributed by atoms with Gasteiger partial charge in [0.05, 0.1) is 52.0 Å². The topological polar surface area (TPSA) is 73.5 Å². The van der Waals surface area contributed by atoms with Gasteiger partial charge in [-0.25, -0.2) is 18.3 Å². The summed E-state index contributed by atoms with van der Waals surface area (Å²) in [6.45, 7) is 6.46. The molecule has 2 saturated heterocycles. The molecule has 0 spiro atoms. The average Bonchev–Trinajstić information content (AvgIpc) is 3.88. The number of benzene rings is 2. The lowest BCUT2D eigenvalue weighted by Gasteiger charge is -2.16. The molecule has 2 aliphatic heterocycles. The predicted octanol–water partition coefficient (Wildman–Crippen LogP) is 7.23. The Kier molecular flexibility index (Phi) is 9.74. The fourth-order valence-corrected chi connectivity index (χ4v) is 6.17. The third-order valence-corrected chi connectivity index (χ3v) is 8.78. The van der Waals surface area contributed by atoms with Crippen LogP contribution in [0.1, 0.15) is 51.4 Å². The lowest BCUT2D eigenvalue weighted by Crippen LogP contribution is -2.25.